The molecule has 0 atom stereocenters. The largest absolute Gasteiger partial charge is 0.367 e. The lowest BCUT2D eigenvalue weighted by atomic mass is 9.93. The van der Waals surface area contributed by atoms with Crippen molar-refractivity contribution in [2.24, 2.45) is 0 Å². The molecule has 9 heteroatoms. The van der Waals surface area contributed by atoms with Gasteiger partial charge in [0, 0.05) is 29.4 Å². The molecule has 0 spiro atoms. The number of hydrogen-bond donors (Lipinski definition) is 3. The number of nitrogens with zero attached hydrogens (tertiary/aromatic N) is 3. The first-order chi connectivity index (χ1) is 15.1. The Labute approximate surface area is 178 Å². The minimum absolute atomic E-state index is 0.0241. The SMILES string of the molecule is O=Cc1c(-c2c[nH]c3ncnc(NC4CCC4)c23)cc(NC2CCC(F)CC2)nc1F. The van der Waals surface area contributed by atoms with Crippen molar-refractivity contribution in [3.05, 3.63) is 30.1 Å². The van der Waals surface area contributed by atoms with E-state index in [4.69, 9.17) is 0 Å². The summed E-state index contributed by atoms with van der Waals surface area (Å²) in [6.45, 7) is 0. The normalized spacial score (nSPS) is 21.6. The molecule has 0 amide bonds. The van der Waals surface area contributed by atoms with Crippen molar-refractivity contribution in [3.63, 3.8) is 0 Å². The average Bonchev–Trinajstić information content (AvgIpc) is 3.17. The Balaban J connectivity index is 1.55. The second-order valence-electron chi connectivity index (χ2n) is 8.39. The number of alkyl halides is 1. The fourth-order valence-electron chi connectivity index (χ4n) is 4.37. The molecular weight excluding hydrogens is 402 g/mol. The van der Waals surface area contributed by atoms with Crippen LogP contribution < -0.4 is 10.6 Å². The standard InChI is InChI=1S/C22H24F2N6O/c23-12-4-6-14(7-5-12)28-18-8-15(17(10-31)20(24)30-18)16-9-25-21-19(16)22(27-11-26-21)29-13-2-1-3-13/h8-14H,1-7H2,(H,28,30)(H2,25,26,27,29). The molecule has 3 aromatic heterocycles. The summed E-state index contributed by atoms with van der Waals surface area (Å²) >= 11 is 0. The number of pyridine rings is 1. The Kier molecular flexibility index (Phi) is 5.25. The van der Waals surface area contributed by atoms with Gasteiger partial charge < -0.3 is 15.6 Å². The highest BCUT2D eigenvalue weighted by molar-refractivity contribution is 6.04. The lowest BCUT2D eigenvalue weighted by Crippen LogP contribution is -2.27. The van der Waals surface area contributed by atoms with Gasteiger partial charge in [0.15, 0.2) is 6.29 Å². The third-order valence-corrected chi connectivity index (χ3v) is 6.34. The van der Waals surface area contributed by atoms with Gasteiger partial charge in [-0.05, 0) is 51.0 Å². The minimum Gasteiger partial charge on any atom is -0.367 e. The van der Waals surface area contributed by atoms with Crippen LogP contribution in [0.25, 0.3) is 22.2 Å². The van der Waals surface area contributed by atoms with E-state index in [9.17, 15) is 13.6 Å². The van der Waals surface area contributed by atoms with Crippen LogP contribution in [-0.4, -0.2) is 44.5 Å². The molecule has 0 saturated heterocycles. The molecule has 3 heterocycles. The molecule has 162 valence electrons. The number of aromatic nitrogens is 4. The first-order valence-electron chi connectivity index (χ1n) is 10.8. The topological polar surface area (TPSA) is 95.6 Å². The van der Waals surface area contributed by atoms with Crippen LogP contribution in [0.4, 0.5) is 20.4 Å². The second-order valence-corrected chi connectivity index (χ2v) is 8.39. The van der Waals surface area contributed by atoms with Crippen LogP contribution in [0.1, 0.15) is 55.3 Å². The molecule has 7 nitrogen and oxygen atoms in total. The van der Waals surface area contributed by atoms with E-state index in [0.717, 1.165) is 12.8 Å². The van der Waals surface area contributed by atoms with Gasteiger partial charge >= 0.3 is 0 Å². The van der Waals surface area contributed by atoms with Crippen molar-refractivity contribution in [1.82, 2.24) is 19.9 Å². The van der Waals surface area contributed by atoms with Gasteiger partial charge in [0.1, 0.15) is 29.8 Å². The number of nitrogens with one attached hydrogen (secondary N) is 3. The first kappa shape index (κ1) is 19.8. The highest BCUT2D eigenvalue weighted by Crippen LogP contribution is 2.37. The molecule has 5 rings (SSSR count). The van der Waals surface area contributed by atoms with Crippen molar-refractivity contribution < 1.29 is 13.6 Å². The molecule has 0 unspecified atom stereocenters. The molecular formula is C22H24F2N6O. The molecule has 2 aliphatic carbocycles. The maximum absolute atomic E-state index is 14.8. The summed E-state index contributed by atoms with van der Waals surface area (Å²) in [5, 5.41) is 7.37. The molecule has 0 aromatic carbocycles. The first-order valence-corrected chi connectivity index (χ1v) is 10.8. The van der Waals surface area contributed by atoms with Crippen molar-refractivity contribution in [2.45, 2.75) is 63.2 Å². The third kappa shape index (κ3) is 3.84. The molecule has 3 N–H and O–H groups in total. The van der Waals surface area contributed by atoms with Crippen LogP contribution in [0.2, 0.25) is 0 Å². The van der Waals surface area contributed by atoms with E-state index < -0.39 is 12.1 Å². The fourth-order valence-corrected chi connectivity index (χ4v) is 4.37. The van der Waals surface area contributed by atoms with Crippen molar-refractivity contribution in [1.29, 1.82) is 0 Å². The number of anilines is 2. The summed E-state index contributed by atoms with van der Waals surface area (Å²) in [6.07, 6.45) is 8.50. The van der Waals surface area contributed by atoms with Gasteiger partial charge in [-0.25, -0.2) is 19.3 Å². The molecule has 2 aliphatic rings. The summed E-state index contributed by atoms with van der Waals surface area (Å²) in [5.41, 5.74) is 1.55. The molecule has 31 heavy (non-hydrogen) atoms. The van der Waals surface area contributed by atoms with Gasteiger partial charge in [-0.3, -0.25) is 4.79 Å². The van der Waals surface area contributed by atoms with Crippen LogP contribution in [0.5, 0.6) is 0 Å². The highest BCUT2D eigenvalue weighted by Gasteiger charge is 2.24. The van der Waals surface area contributed by atoms with E-state index in [0.29, 0.717) is 71.8 Å². The van der Waals surface area contributed by atoms with Crippen LogP contribution in [0.15, 0.2) is 18.6 Å². The number of fused-ring (bicyclic) bond motifs is 1. The van der Waals surface area contributed by atoms with E-state index in [1.165, 1.54) is 12.7 Å². The third-order valence-electron chi connectivity index (χ3n) is 6.34. The van der Waals surface area contributed by atoms with E-state index in [2.05, 4.69) is 30.6 Å². The van der Waals surface area contributed by atoms with E-state index in [1.807, 2.05) is 0 Å². The number of carbonyl (C=O) groups excluding carboxylic acids is 1. The van der Waals surface area contributed by atoms with Crippen LogP contribution >= 0.6 is 0 Å². The van der Waals surface area contributed by atoms with Gasteiger partial charge in [0.05, 0.1) is 10.9 Å². The van der Waals surface area contributed by atoms with Crippen LogP contribution in [0.3, 0.4) is 0 Å². The Morgan fingerprint density at radius 2 is 1.81 bits per heavy atom. The molecule has 2 saturated carbocycles. The average molecular weight is 426 g/mol. The summed E-state index contributed by atoms with van der Waals surface area (Å²) in [6, 6.07) is 2.05. The predicted molar refractivity (Wildman–Crippen MR) is 115 cm³/mol. The molecule has 3 aromatic rings. The quantitative estimate of drug-likeness (QED) is 0.393. The molecule has 2 fully saturated rings. The van der Waals surface area contributed by atoms with Gasteiger partial charge in [-0.2, -0.15) is 4.39 Å². The second kappa shape index (κ2) is 8.20. The number of aromatic amines is 1. The Bertz CT molecular complexity index is 1100. The number of carbonyl (C=O) groups is 1. The number of hydrogen-bond acceptors (Lipinski definition) is 6. The van der Waals surface area contributed by atoms with Gasteiger partial charge in [0.25, 0.3) is 0 Å². The zero-order valence-electron chi connectivity index (χ0n) is 17.0. The monoisotopic (exact) mass is 426 g/mol. The lowest BCUT2D eigenvalue weighted by Gasteiger charge is -2.27. The molecule has 0 bridgehead atoms. The number of rotatable bonds is 6. The Morgan fingerprint density at radius 1 is 1.03 bits per heavy atom. The zero-order chi connectivity index (χ0) is 21.4. The van der Waals surface area contributed by atoms with Gasteiger partial charge in [0.2, 0.25) is 5.95 Å². The highest BCUT2D eigenvalue weighted by atomic mass is 19.1. The van der Waals surface area contributed by atoms with Gasteiger partial charge in [-0.1, -0.05) is 0 Å². The maximum atomic E-state index is 14.8. The maximum Gasteiger partial charge on any atom is 0.226 e. The van der Waals surface area contributed by atoms with Crippen molar-refractivity contribution >= 4 is 29.0 Å². The van der Waals surface area contributed by atoms with Crippen molar-refractivity contribution in [2.75, 3.05) is 10.6 Å². The number of halogens is 2. The van der Waals surface area contributed by atoms with Crippen molar-refractivity contribution in [3.8, 4) is 11.1 Å². The van der Waals surface area contributed by atoms with E-state index >= 15 is 0 Å². The fraction of sp³-hybridized carbons (Fsp3) is 0.455. The molecule has 0 radical (unpaired) electrons. The Hall–Kier alpha value is -3.10. The van der Waals surface area contributed by atoms with E-state index in [1.54, 1.807) is 12.3 Å². The zero-order valence-corrected chi connectivity index (χ0v) is 17.0. The Morgan fingerprint density at radius 3 is 2.52 bits per heavy atom. The molecule has 0 aliphatic heterocycles. The summed E-state index contributed by atoms with van der Waals surface area (Å²) in [4.78, 5) is 27.5. The summed E-state index contributed by atoms with van der Waals surface area (Å²) < 4.78 is 28.2. The lowest BCUT2D eigenvalue weighted by molar-refractivity contribution is 0.111. The van der Waals surface area contributed by atoms with Crippen LogP contribution in [0, 0.1) is 5.95 Å². The predicted octanol–water partition coefficient (Wildman–Crippen LogP) is 4.63. The summed E-state index contributed by atoms with van der Waals surface area (Å²) in [7, 11) is 0. The van der Waals surface area contributed by atoms with Crippen LogP contribution in [-0.2, 0) is 0 Å². The number of aldehydes is 1. The summed E-state index contributed by atoms with van der Waals surface area (Å²) in [5.74, 6) is 0.157. The smallest absolute Gasteiger partial charge is 0.226 e. The number of H-pyrrole nitrogens is 1. The van der Waals surface area contributed by atoms with Gasteiger partial charge in [-0.15, -0.1) is 0 Å². The van der Waals surface area contributed by atoms with E-state index in [-0.39, 0.29) is 11.6 Å². The minimum atomic E-state index is -0.839.